The van der Waals surface area contributed by atoms with Gasteiger partial charge in [-0.15, -0.1) is 0 Å². The predicted molar refractivity (Wildman–Crippen MR) is 111 cm³/mol. The van der Waals surface area contributed by atoms with E-state index in [2.05, 4.69) is 15.3 Å². The van der Waals surface area contributed by atoms with Gasteiger partial charge in [0.05, 0.1) is 11.6 Å². The number of nitrogens with two attached hydrogens (primary N) is 1. The molecule has 11 heteroatoms. The first-order chi connectivity index (χ1) is 14.1. The standard InChI is InChI=1S/C19H18ClF3N4O2S/c1-18(9-28)7-19(8-21,27-17(24)30-18)12-4-11(5-13(22)15(12)23)26-16(29)14-3-2-10(20)6-25-14/h2-6,28H,7-9H2,1H3,(H2,24,27)(H,26,29)/t18-,19-/m1/s1. The molecule has 0 spiro atoms. The number of nitrogens with zero attached hydrogens (tertiary/aromatic N) is 2. The number of carbonyl (C=O) groups is 1. The minimum absolute atomic E-state index is 0.00456. The lowest BCUT2D eigenvalue weighted by Gasteiger charge is -2.40. The van der Waals surface area contributed by atoms with Crippen molar-refractivity contribution < 1.29 is 23.1 Å². The van der Waals surface area contributed by atoms with Crippen LogP contribution in [0.4, 0.5) is 18.9 Å². The summed E-state index contributed by atoms with van der Waals surface area (Å²) in [5.41, 5.74) is 3.42. The third-order valence-electron chi connectivity index (χ3n) is 4.64. The molecule has 6 nitrogen and oxygen atoms in total. The van der Waals surface area contributed by atoms with E-state index in [0.717, 1.165) is 23.9 Å². The van der Waals surface area contributed by atoms with Crippen LogP contribution in [0.25, 0.3) is 0 Å². The number of thioether (sulfide) groups is 1. The summed E-state index contributed by atoms with van der Waals surface area (Å²) in [5.74, 6) is -3.29. The topological polar surface area (TPSA) is 101 Å². The molecule has 160 valence electrons. The summed E-state index contributed by atoms with van der Waals surface area (Å²) in [4.78, 5) is 20.3. The molecule has 1 aliphatic heterocycles. The third kappa shape index (κ3) is 4.40. The first kappa shape index (κ1) is 22.4. The summed E-state index contributed by atoms with van der Waals surface area (Å²) in [6.45, 7) is 0.0600. The van der Waals surface area contributed by atoms with E-state index >= 15 is 0 Å². The molecule has 1 amide bonds. The van der Waals surface area contributed by atoms with Crippen molar-refractivity contribution in [2.45, 2.75) is 23.6 Å². The maximum atomic E-state index is 14.7. The van der Waals surface area contributed by atoms with Crippen LogP contribution in [0.5, 0.6) is 0 Å². The summed E-state index contributed by atoms with van der Waals surface area (Å²) in [6, 6.07) is 4.69. The quantitative estimate of drug-likeness (QED) is 0.635. The average Bonchev–Trinajstić information content (AvgIpc) is 2.70. The molecule has 2 atom stereocenters. The molecule has 2 heterocycles. The van der Waals surface area contributed by atoms with E-state index in [0.29, 0.717) is 5.02 Å². The second-order valence-electron chi connectivity index (χ2n) is 7.14. The molecule has 30 heavy (non-hydrogen) atoms. The largest absolute Gasteiger partial charge is 0.395 e. The SMILES string of the molecule is C[C@]1(CO)C[C@@](CF)(c2cc(NC(=O)c3ccc(Cl)cn3)cc(F)c2F)N=C(N)S1. The highest BCUT2D eigenvalue weighted by atomic mass is 35.5. The van der Waals surface area contributed by atoms with E-state index in [1.165, 1.54) is 18.3 Å². The monoisotopic (exact) mass is 458 g/mol. The summed E-state index contributed by atoms with van der Waals surface area (Å²) in [7, 11) is 0. The van der Waals surface area contributed by atoms with Crippen molar-refractivity contribution in [3.8, 4) is 0 Å². The number of alkyl halides is 1. The number of aliphatic hydroxyl groups is 1. The van der Waals surface area contributed by atoms with Gasteiger partial charge in [0.25, 0.3) is 5.91 Å². The number of benzene rings is 1. The molecule has 0 unspecified atom stereocenters. The Labute approximate surface area is 179 Å². The fourth-order valence-corrected chi connectivity index (χ4v) is 4.49. The molecule has 3 rings (SSSR count). The maximum Gasteiger partial charge on any atom is 0.274 e. The Kier molecular flexibility index (Phi) is 6.30. The van der Waals surface area contributed by atoms with Gasteiger partial charge in [-0.25, -0.2) is 23.1 Å². The lowest BCUT2D eigenvalue weighted by molar-refractivity contribution is 0.102. The van der Waals surface area contributed by atoms with Gasteiger partial charge < -0.3 is 16.2 Å². The molecule has 0 radical (unpaired) electrons. The van der Waals surface area contributed by atoms with Gasteiger partial charge in [0.1, 0.15) is 17.9 Å². The number of carbonyl (C=O) groups excluding carboxylic acids is 1. The van der Waals surface area contributed by atoms with Crippen LogP contribution in [-0.2, 0) is 5.54 Å². The number of nitrogens with one attached hydrogen (secondary N) is 1. The Morgan fingerprint density at radius 2 is 2.13 bits per heavy atom. The van der Waals surface area contributed by atoms with Crippen molar-refractivity contribution in [1.29, 1.82) is 0 Å². The number of rotatable bonds is 5. The van der Waals surface area contributed by atoms with Gasteiger partial charge in [-0.2, -0.15) is 0 Å². The van der Waals surface area contributed by atoms with Crippen LogP contribution < -0.4 is 11.1 Å². The Hall–Kier alpha value is -2.30. The fourth-order valence-electron chi connectivity index (χ4n) is 3.28. The number of amidine groups is 1. The minimum atomic E-state index is -1.85. The molecule has 1 aromatic carbocycles. The Morgan fingerprint density at radius 1 is 1.40 bits per heavy atom. The van der Waals surface area contributed by atoms with Gasteiger partial charge in [-0.3, -0.25) is 4.79 Å². The zero-order valence-corrected chi connectivity index (χ0v) is 17.3. The highest BCUT2D eigenvalue weighted by Gasteiger charge is 2.47. The van der Waals surface area contributed by atoms with Crippen molar-refractivity contribution in [3.05, 3.63) is 58.4 Å². The molecule has 0 saturated heterocycles. The van der Waals surface area contributed by atoms with Crippen molar-refractivity contribution in [2.75, 3.05) is 18.6 Å². The van der Waals surface area contributed by atoms with E-state index in [4.69, 9.17) is 17.3 Å². The number of amides is 1. The number of aliphatic imine (C=N–C) groups is 1. The lowest BCUT2D eigenvalue weighted by Crippen LogP contribution is -2.45. The highest BCUT2D eigenvalue weighted by Crippen LogP contribution is 2.46. The second-order valence-corrected chi connectivity index (χ2v) is 9.18. The Bertz CT molecular complexity index is 1010. The Balaban J connectivity index is 2.03. The van der Waals surface area contributed by atoms with Crippen LogP contribution in [0, 0.1) is 11.6 Å². The molecule has 1 aromatic heterocycles. The van der Waals surface area contributed by atoms with Crippen molar-refractivity contribution >= 4 is 40.1 Å². The third-order valence-corrected chi connectivity index (χ3v) is 5.93. The van der Waals surface area contributed by atoms with E-state index in [1.807, 2.05) is 0 Å². The van der Waals surface area contributed by atoms with Crippen LogP contribution in [0.2, 0.25) is 5.02 Å². The van der Waals surface area contributed by atoms with Gasteiger partial charge in [-0.1, -0.05) is 23.4 Å². The maximum absolute atomic E-state index is 14.7. The second kappa shape index (κ2) is 8.44. The molecule has 0 fully saturated rings. The first-order valence-corrected chi connectivity index (χ1v) is 9.94. The van der Waals surface area contributed by atoms with Crippen LogP contribution in [0.15, 0.2) is 35.5 Å². The van der Waals surface area contributed by atoms with E-state index in [1.54, 1.807) is 6.92 Å². The minimum Gasteiger partial charge on any atom is -0.395 e. The van der Waals surface area contributed by atoms with Crippen molar-refractivity contribution in [3.63, 3.8) is 0 Å². The average molecular weight is 459 g/mol. The summed E-state index contributed by atoms with van der Waals surface area (Å²) < 4.78 is 42.4. The molecular formula is C19H18ClF3N4O2S. The fraction of sp³-hybridized carbons (Fsp3) is 0.316. The summed E-state index contributed by atoms with van der Waals surface area (Å²) in [5, 5.41) is 12.4. The van der Waals surface area contributed by atoms with Crippen LogP contribution >= 0.6 is 23.4 Å². The van der Waals surface area contributed by atoms with Crippen molar-refractivity contribution in [1.82, 2.24) is 4.98 Å². The number of anilines is 1. The van der Waals surface area contributed by atoms with Gasteiger partial charge in [0.2, 0.25) is 0 Å². The lowest BCUT2D eigenvalue weighted by atomic mass is 9.82. The van der Waals surface area contributed by atoms with Crippen LogP contribution in [-0.4, -0.2) is 39.2 Å². The number of hydrogen-bond acceptors (Lipinski definition) is 6. The predicted octanol–water partition coefficient (Wildman–Crippen LogP) is 3.63. The first-order valence-electron chi connectivity index (χ1n) is 8.75. The number of aromatic nitrogens is 1. The summed E-state index contributed by atoms with van der Waals surface area (Å²) in [6.07, 6.45) is 1.13. The van der Waals surface area contributed by atoms with E-state index in [-0.39, 0.29) is 29.6 Å². The summed E-state index contributed by atoms with van der Waals surface area (Å²) >= 11 is 6.77. The number of aliphatic hydroxyl groups excluding tert-OH is 1. The molecular weight excluding hydrogens is 441 g/mol. The molecule has 1 aliphatic rings. The van der Waals surface area contributed by atoms with Gasteiger partial charge >= 0.3 is 0 Å². The van der Waals surface area contributed by atoms with Gasteiger partial charge in [0, 0.05) is 28.3 Å². The van der Waals surface area contributed by atoms with Crippen LogP contribution in [0.1, 0.15) is 29.4 Å². The van der Waals surface area contributed by atoms with E-state index in [9.17, 15) is 23.1 Å². The molecule has 0 saturated carbocycles. The molecule has 2 aromatic rings. The highest BCUT2D eigenvalue weighted by molar-refractivity contribution is 8.15. The Morgan fingerprint density at radius 3 is 2.73 bits per heavy atom. The normalized spacial score (nSPS) is 23.7. The number of pyridine rings is 1. The smallest absolute Gasteiger partial charge is 0.274 e. The van der Waals surface area contributed by atoms with Crippen LogP contribution in [0.3, 0.4) is 0 Å². The van der Waals surface area contributed by atoms with E-state index < -0.39 is 40.1 Å². The van der Waals surface area contributed by atoms with Gasteiger partial charge in [0.15, 0.2) is 16.8 Å². The van der Waals surface area contributed by atoms with Crippen molar-refractivity contribution in [2.24, 2.45) is 10.7 Å². The van der Waals surface area contributed by atoms with Gasteiger partial charge in [-0.05, 0) is 31.5 Å². The molecule has 4 N–H and O–H groups in total. The number of hydrogen-bond donors (Lipinski definition) is 3. The molecule has 0 aliphatic carbocycles. The zero-order valence-electron chi connectivity index (χ0n) is 15.8. The zero-order chi connectivity index (χ0) is 22.1. The number of halogens is 4. The molecule has 0 bridgehead atoms.